The minimum atomic E-state index is 0.766. The Kier molecular flexibility index (Phi) is 3.70. The van der Waals surface area contributed by atoms with Crippen molar-refractivity contribution in [2.75, 3.05) is 11.1 Å². The molecule has 0 aliphatic rings. The summed E-state index contributed by atoms with van der Waals surface area (Å²) < 4.78 is 0. The molecule has 3 nitrogen and oxygen atoms in total. The van der Waals surface area contributed by atoms with Crippen LogP contribution in [0, 0.1) is 0 Å². The van der Waals surface area contributed by atoms with Gasteiger partial charge in [-0.3, -0.25) is 0 Å². The Morgan fingerprint density at radius 3 is 2.15 bits per heavy atom. The van der Waals surface area contributed by atoms with Crippen LogP contribution in [0.2, 0.25) is 0 Å². The molecule has 1 heterocycles. The maximum absolute atomic E-state index is 5.98. The lowest BCUT2D eigenvalue weighted by Crippen LogP contribution is -1.92. The first-order chi connectivity index (χ1) is 16.2. The van der Waals surface area contributed by atoms with Crippen LogP contribution in [0.3, 0.4) is 0 Å². The highest BCUT2D eigenvalue weighted by Gasteiger charge is 2.10. The van der Waals surface area contributed by atoms with Gasteiger partial charge in [0.05, 0.1) is 0 Å². The number of nitrogens with one attached hydrogen (secondary N) is 2. The van der Waals surface area contributed by atoms with Gasteiger partial charge in [-0.15, -0.1) is 0 Å². The van der Waals surface area contributed by atoms with Gasteiger partial charge in [0.2, 0.25) is 0 Å². The fourth-order valence-corrected chi connectivity index (χ4v) is 5.07. The van der Waals surface area contributed by atoms with Gasteiger partial charge in [0.1, 0.15) is 0 Å². The maximum atomic E-state index is 5.98. The van der Waals surface area contributed by atoms with E-state index in [1.54, 1.807) is 0 Å². The molecular weight excluding hydrogens is 402 g/mol. The second kappa shape index (κ2) is 6.75. The molecule has 7 rings (SSSR count). The molecule has 0 aliphatic carbocycles. The number of fused-ring (bicyclic) bond motifs is 7. The predicted molar refractivity (Wildman–Crippen MR) is 142 cm³/mol. The number of hydrogen-bond acceptors (Lipinski definition) is 2. The maximum Gasteiger partial charge on any atom is 0.0485 e. The molecule has 0 amide bonds. The Balaban J connectivity index is 1.41. The van der Waals surface area contributed by atoms with Crippen molar-refractivity contribution in [3.8, 4) is 0 Å². The molecule has 0 spiro atoms. The zero-order valence-corrected chi connectivity index (χ0v) is 17.9. The van der Waals surface area contributed by atoms with Crippen LogP contribution in [0.1, 0.15) is 0 Å². The van der Waals surface area contributed by atoms with Crippen LogP contribution in [0.4, 0.5) is 17.1 Å². The molecule has 0 aliphatic heterocycles. The summed E-state index contributed by atoms with van der Waals surface area (Å²) in [6, 6.07) is 36.5. The molecule has 156 valence electrons. The summed E-state index contributed by atoms with van der Waals surface area (Å²) >= 11 is 0. The molecule has 1 aromatic heterocycles. The van der Waals surface area contributed by atoms with Crippen LogP contribution in [0.25, 0.3) is 54.1 Å². The van der Waals surface area contributed by atoms with E-state index in [9.17, 15) is 0 Å². The van der Waals surface area contributed by atoms with E-state index >= 15 is 0 Å². The average Bonchev–Trinajstić information content (AvgIpc) is 3.19. The molecule has 0 bridgehead atoms. The lowest BCUT2D eigenvalue weighted by atomic mass is 9.97. The number of aromatic nitrogens is 1. The van der Waals surface area contributed by atoms with E-state index in [0.29, 0.717) is 0 Å². The molecule has 6 aromatic carbocycles. The van der Waals surface area contributed by atoms with Gasteiger partial charge in [0.15, 0.2) is 0 Å². The van der Waals surface area contributed by atoms with E-state index < -0.39 is 0 Å². The number of nitrogen functional groups attached to an aromatic ring is 1. The van der Waals surface area contributed by atoms with Crippen LogP contribution >= 0.6 is 0 Å². The molecule has 0 saturated carbocycles. The van der Waals surface area contributed by atoms with E-state index in [1.807, 2.05) is 12.1 Å². The number of aromatic amines is 1. The first-order valence-electron chi connectivity index (χ1n) is 11.2. The molecular formula is C30H21N3. The van der Waals surface area contributed by atoms with E-state index in [0.717, 1.165) is 28.1 Å². The predicted octanol–water partition coefficient (Wildman–Crippen LogP) is 8.11. The number of H-pyrrole nitrogens is 1. The third-order valence-electron chi connectivity index (χ3n) is 6.63. The van der Waals surface area contributed by atoms with Gasteiger partial charge in [0, 0.05) is 44.3 Å². The molecule has 33 heavy (non-hydrogen) atoms. The van der Waals surface area contributed by atoms with Crippen molar-refractivity contribution in [2.45, 2.75) is 0 Å². The second-order valence-electron chi connectivity index (χ2n) is 8.71. The minimum Gasteiger partial charge on any atom is -0.399 e. The number of rotatable bonds is 2. The highest BCUT2D eigenvalue weighted by atomic mass is 14.9. The summed E-state index contributed by atoms with van der Waals surface area (Å²) in [4.78, 5) is 3.51. The van der Waals surface area contributed by atoms with E-state index in [4.69, 9.17) is 5.73 Å². The fraction of sp³-hybridized carbons (Fsp3) is 0. The van der Waals surface area contributed by atoms with Gasteiger partial charge < -0.3 is 16.0 Å². The second-order valence-corrected chi connectivity index (χ2v) is 8.71. The monoisotopic (exact) mass is 423 g/mol. The molecule has 7 aromatic rings. The number of benzene rings is 6. The molecule has 0 unspecified atom stereocenters. The molecule has 4 N–H and O–H groups in total. The van der Waals surface area contributed by atoms with Crippen molar-refractivity contribution < 1.29 is 0 Å². The van der Waals surface area contributed by atoms with Gasteiger partial charge in [-0.05, 0) is 69.4 Å². The Bertz CT molecular complexity index is 1860. The van der Waals surface area contributed by atoms with Crippen molar-refractivity contribution >= 4 is 71.2 Å². The van der Waals surface area contributed by atoms with Gasteiger partial charge in [-0.2, -0.15) is 0 Å². The minimum absolute atomic E-state index is 0.766. The molecule has 0 radical (unpaired) electrons. The van der Waals surface area contributed by atoms with Crippen molar-refractivity contribution in [3.63, 3.8) is 0 Å². The van der Waals surface area contributed by atoms with Crippen LogP contribution in [-0.4, -0.2) is 4.98 Å². The van der Waals surface area contributed by atoms with Crippen LogP contribution in [-0.2, 0) is 0 Å². The van der Waals surface area contributed by atoms with E-state index in [1.165, 1.54) is 43.1 Å². The van der Waals surface area contributed by atoms with Crippen LogP contribution < -0.4 is 11.1 Å². The third-order valence-corrected chi connectivity index (χ3v) is 6.63. The number of nitrogens with two attached hydrogens (primary N) is 1. The zero-order valence-electron chi connectivity index (χ0n) is 17.9. The largest absolute Gasteiger partial charge is 0.399 e. The SMILES string of the molecule is Nc1ccc2c(c1)[nH]c1cc(Nc3cccc4ccc5cc6ccccc6cc5c34)ccc12. The molecule has 0 saturated heterocycles. The standard InChI is InChI=1S/C30H21N3/c31-22-10-12-24-25-13-11-23(17-29(25)33-28(24)16-22)32-27-7-3-6-18-8-9-21-14-19-4-1-2-5-20(19)15-26(21)30(18)27/h1-17,32-33H,31H2. The Labute approximate surface area is 190 Å². The summed E-state index contributed by atoms with van der Waals surface area (Å²) in [5.41, 5.74) is 11.1. The average molecular weight is 424 g/mol. The van der Waals surface area contributed by atoms with Gasteiger partial charge in [-0.1, -0.05) is 60.7 Å². The zero-order chi connectivity index (χ0) is 21.9. The molecule has 0 atom stereocenters. The fourth-order valence-electron chi connectivity index (χ4n) is 5.07. The smallest absolute Gasteiger partial charge is 0.0485 e. The van der Waals surface area contributed by atoms with Gasteiger partial charge in [0.25, 0.3) is 0 Å². The quantitative estimate of drug-likeness (QED) is 0.149. The summed E-state index contributed by atoms with van der Waals surface area (Å²) in [5.74, 6) is 0. The van der Waals surface area contributed by atoms with E-state index in [2.05, 4.69) is 101 Å². The Hall–Kier alpha value is -4.50. The first-order valence-corrected chi connectivity index (χ1v) is 11.2. The van der Waals surface area contributed by atoms with Gasteiger partial charge in [-0.25, -0.2) is 0 Å². The Morgan fingerprint density at radius 2 is 1.27 bits per heavy atom. The summed E-state index contributed by atoms with van der Waals surface area (Å²) in [6.07, 6.45) is 0. The van der Waals surface area contributed by atoms with Crippen molar-refractivity contribution in [3.05, 3.63) is 103 Å². The third kappa shape index (κ3) is 2.83. The lowest BCUT2D eigenvalue weighted by Gasteiger charge is -2.13. The number of hydrogen-bond donors (Lipinski definition) is 3. The topological polar surface area (TPSA) is 53.8 Å². The number of anilines is 3. The van der Waals surface area contributed by atoms with E-state index in [-0.39, 0.29) is 0 Å². The summed E-state index contributed by atoms with van der Waals surface area (Å²) in [6.45, 7) is 0. The molecule has 3 heteroatoms. The van der Waals surface area contributed by atoms with Crippen molar-refractivity contribution in [2.24, 2.45) is 0 Å². The van der Waals surface area contributed by atoms with Crippen molar-refractivity contribution in [1.29, 1.82) is 0 Å². The Morgan fingerprint density at radius 1 is 0.545 bits per heavy atom. The highest BCUT2D eigenvalue weighted by molar-refractivity contribution is 6.17. The highest BCUT2D eigenvalue weighted by Crippen LogP contribution is 2.36. The summed E-state index contributed by atoms with van der Waals surface area (Å²) in [7, 11) is 0. The summed E-state index contributed by atoms with van der Waals surface area (Å²) in [5, 5.41) is 13.6. The molecule has 0 fully saturated rings. The van der Waals surface area contributed by atoms with Crippen LogP contribution in [0.15, 0.2) is 103 Å². The first kappa shape index (κ1) is 18.1. The lowest BCUT2D eigenvalue weighted by molar-refractivity contribution is 1.53. The van der Waals surface area contributed by atoms with Crippen molar-refractivity contribution in [1.82, 2.24) is 4.98 Å². The normalized spacial score (nSPS) is 11.8. The van der Waals surface area contributed by atoms with Gasteiger partial charge >= 0.3 is 0 Å². The van der Waals surface area contributed by atoms with Crippen LogP contribution in [0.5, 0.6) is 0 Å².